The topological polar surface area (TPSA) is 42.7 Å². The Morgan fingerprint density at radius 2 is 2.24 bits per heavy atom. The first kappa shape index (κ1) is 13.8. The largest absolute Gasteiger partial charge is 0.380 e. The quantitative estimate of drug-likeness (QED) is 0.756. The van der Waals surface area contributed by atoms with Gasteiger partial charge in [-0.05, 0) is 30.2 Å². The van der Waals surface area contributed by atoms with Crippen LogP contribution in [0.25, 0.3) is 0 Å². The molecule has 1 aromatic carbocycles. The molecule has 3 aromatic rings. The average Bonchev–Trinajstić information content (AvgIpc) is 3.17. The number of anilines is 1. The summed E-state index contributed by atoms with van der Waals surface area (Å²) in [4.78, 5) is 5.65. The third-order valence-electron chi connectivity index (χ3n) is 3.20. The summed E-state index contributed by atoms with van der Waals surface area (Å²) in [6, 6.07) is 10.4. The van der Waals surface area contributed by atoms with E-state index in [2.05, 4.69) is 46.6 Å². The van der Waals surface area contributed by atoms with Crippen molar-refractivity contribution in [2.75, 3.05) is 5.32 Å². The summed E-state index contributed by atoms with van der Waals surface area (Å²) < 4.78 is 1.93. The summed E-state index contributed by atoms with van der Waals surface area (Å²) >= 11 is 1.77. The van der Waals surface area contributed by atoms with Gasteiger partial charge in [0.05, 0.1) is 18.1 Å². The van der Waals surface area contributed by atoms with Gasteiger partial charge in [0.2, 0.25) is 0 Å². The zero-order valence-electron chi connectivity index (χ0n) is 12.0. The smallest absolute Gasteiger partial charge is 0.0925 e. The summed E-state index contributed by atoms with van der Waals surface area (Å²) in [6.07, 6.45) is 6.75. The lowest BCUT2D eigenvalue weighted by atomic mass is 10.2. The molecule has 0 aliphatic carbocycles. The van der Waals surface area contributed by atoms with Crippen molar-refractivity contribution in [1.82, 2.24) is 14.8 Å². The van der Waals surface area contributed by atoms with Crippen molar-refractivity contribution in [3.05, 3.63) is 64.4 Å². The van der Waals surface area contributed by atoms with Crippen molar-refractivity contribution in [1.29, 1.82) is 0 Å². The molecule has 0 unspecified atom stereocenters. The summed E-state index contributed by atoms with van der Waals surface area (Å²) in [5.41, 5.74) is 2.37. The van der Waals surface area contributed by atoms with E-state index in [0.717, 1.165) is 25.2 Å². The highest BCUT2D eigenvalue weighted by Gasteiger charge is 2.01. The molecular formula is C16H18N4S. The van der Waals surface area contributed by atoms with Crippen LogP contribution in [-0.2, 0) is 19.5 Å². The normalized spacial score (nSPS) is 10.7. The molecule has 2 aromatic heterocycles. The van der Waals surface area contributed by atoms with E-state index in [9.17, 15) is 0 Å². The van der Waals surface area contributed by atoms with Gasteiger partial charge in [0, 0.05) is 29.2 Å². The highest BCUT2D eigenvalue weighted by molar-refractivity contribution is 7.11. The third kappa shape index (κ3) is 3.70. The Balaban J connectivity index is 1.63. The van der Waals surface area contributed by atoms with E-state index in [4.69, 9.17) is 0 Å². The van der Waals surface area contributed by atoms with Gasteiger partial charge in [0.15, 0.2) is 0 Å². The van der Waals surface area contributed by atoms with E-state index in [1.807, 2.05) is 23.1 Å². The maximum absolute atomic E-state index is 4.38. The number of hydrogen-bond acceptors (Lipinski definition) is 4. The second kappa shape index (κ2) is 6.54. The van der Waals surface area contributed by atoms with Gasteiger partial charge < -0.3 is 5.32 Å². The molecule has 5 heteroatoms. The van der Waals surface area contributed by atoms with E-state index in [1.54, 1.807) is 17.5 Å². The second-order valence-electron chi connectivity index (χ2n) is 4.83. The van der Waals surface area contributed by atoms with Crippen molar-refractivity contribution < 1.29 is 0 Å². The monoisotopic (exact) mass is 298 g/mol. The lowest BCUT2D eigenvalue weighted by Crippen LogP contribution is -2.02. The molecule has 0 fully saturated rings. The molecule has 0 aliphatic rings. The Morgan fingerprint density at radius 3 is 3.00 bits per heavy atom. The van der Waals surface area contributed by atoms with E-state index < -0.39 is 0 Å². The Hall–Kier alpha value is -2.14. The molecule has 0 radical (unpaired) electrons. The van der Waals surface area contributed by atoms with Crippen molar-refractivity contribution in [2.24, 2.45) is 0 Å². The first-order chi connectivity index (χ1) is 10.3. The Labute approximate surface area is 128 Å². The highest BCUT2D eigenvalue weighted by Crippen LogP contribution is 2.17. The number of nitrogens with one attached hydrogen (secondary N) is 1. The van der Waals surface area contributed by atoms with Gasteiger partial charge >= 0.3 is 0 Å². The molecular weight excluding hydrogens is 280 g/mol. The molecule has 4 nitrogen and oxygen atoms in total. The molecule has 0 amide bonds. The number of rotatable bonds is 6. The van der Waals surface area contributed by atoms with Gasteiger partial charge in [-0.25, -0.2) is 4.98 Å². The standard InChI is InChI=1S/C16H18N4S/c1-2-16-18-11-15(21-16)10-17-14-6-3-5-13(9-14)12-20-8-4-7-19-20/h3-9,11,17H,2,10,12H2,1H3. The van der Waals surface area contributed by atoms with Crippen LogP contribution in [0, 0.1) is 0 Å². The van der Waals surface area contributed by atoms with Gasteiger partial charge in [0.25, 0.3) is 0 Å². The maximum Gasteiger partial charge on any atom is 0.0925 e. The summed E-state index contributed by atoms with van der Waals surface area (Å²) in [6.45, 7) is 3.75. The number of aromatic nitrogens is 3. The first-order valence-corrected chi connectivity index (χ1v) is 7.89. The van der Waals surface area contributed by atoms with Crippen LogP contribution in [0.1, 0.15) is 22.4 Å². The molecule has 0 saturated carbocycles. The van der Waals surface area contributed by atoms with Crippen LogP contribution in [-0.4, -0.2) is 14.8 Å². The van der Waals surface area contributed by atoms with Crippen LogP contribution in [0.2, 0.25) is 0 Å². The minimum Gasteiger partial charge on any atom is -0.380 e. The maximum atomic E-state index is 4.38. The van der Waals surface area contributed by atoms with Crippen molar-refractivity contribution in [3.8, 4) is 0 Å². The zero-order valence-corrected chi connectivity index (χ0v) is 12.8. The Kier molecular flexibility index (Phi) is 4.31. The van der Waals surface area contributed by atoms with E-state index in [-0.39, 0.29) is 0 Å². The lowest BCUT2D eigenvalue weighted by Gasteiger charge is -2.07. The van der Waals surface area contributed by atoms with Gasteiger partial charge in [-0.1, -0.05) is 19.1 Å². The van der Waals surface area contributed by atoms with Gasteiger partial charge in [0.1, 0.15) is 0 Å². The highest BCUT2D eigenvalue weighted by atomic mass is 32.1. The molecule has 2 heterocycles. The number of hydrogen-bond donors (Lipinski definition) is 1. The SMILES string of the molecule is CCc1ncc(CNc2cccc(Cn3cccn3)c2)s1. The molecule has 0 saturated heterocycles. The molecule has 0 bridgehead atoms. The second-order valence-corrected chi connectivity index (χ2v) is 6.03. The van der Waals surface area contributed by atoms with E-state index in [0.29, 0.717) is 0 Å². The molecule has 1 N–H and O–H groups in total. The van der Waals surface area contributed by atoms with Gasteiger partial charge in [-0.3, -0.25) is 4.68 Å². The fourth-order valence-electron chi connectivity index (χ4n) is 2.14. The first-order valence-electron chi connectivity index (χ1n) is 7.07. The number of aryl methyl sites for hydroxylation is 1. The Bertz CT molecular complexity index is 688. The molecule has 21 heavy (non-hydrogen) atoms. The zero-order chi connectivity index (χ0) is 14.5. The van der Waals surface area contributed by atoms with Crippen molar-refractivity contribution in [2.45, 2.75) is 26.4 Å². The van der Waals surface area contributed by atoms with Crippen LogP contribution in [0.5, 0.6) is 0 Å². The Morgan fingerprint density at radius 1 is 1.29 bits per heavy atom. The molecule has 0 aliphatic heterocycles. The van der Waals surface area contributed by atoms with Crippen molar-refractivity contribution in [3.63, 3.8) is 0 Å². The van der Waals surface area contributed by atoms with Crippen LogP contribution in [0.4, 0.5) is 5.69 Å². The number of thiazole rings is 1. The molecule has 0 spiro atoms. The number of benzene rings is 1. The molecule has 3 rings (SSSR count). The van der Waals surface area contributed by atoms with Gasteiger partial charge in [-0.2, -0.15) is 5.10 Å². The van der Waals surface area contributed by atoms with Crippen LogP contribution in [0.3, 0.4) is 0 Å². The minimum atomic E-state index is 0.795. The third-order valence-corrected chi connectivity index (χ3v) is 4.34. The fraction of sp³-hybridized carbons (Fsp3) is 0.250. The summed E-state index contributed by atoms with van der Waals surface area (Å²) in [5.74, 6) is 0. The van der Waals surface area contributed by atoms with E-state index >= 15 is 0 Å². The molecule has 108 valence electrons. The van der Waals surface area contributed by atoms with Crippen LogP contribution < -0.4 is 5.32 Å². The number of nitrogens with zero attached hydrogens (tertiary/aromatic N) is 3. The summed E-state index contributed by atoms with van der Waals surface area (Å²) in [7, 11) is 0. The lowest BCUT2D eigenvalue weighted by molar-refractivity contribution is 0.687. The van der Waals surface area contributed by atoms with Crippen molar-refractivity contribution >= 4 is 17.0 Å². The van der Waals surface area contributed by atoms with Gasteiger partial charge in [-0.15, -0.1) is 11.3 Å². The van der Waals surface area contributed by atoms with E-state index in [1.165, 1.54) is 15.4 Å². The van der Waals surface area contributed by atoms with Crippen LogP contribution >= 0.6 is 11.3 Å². The van der Waals surface area contributed by atoms with Crippen LogP contribution in [0.15, 0.2) is 48.9 Å². The predicted molar refractivity (Wildman–Crippen MR) is 86.6 cm³/mol. The average molecular weight is 298 g/mol. The minimum absolute atomic E-state index is 0.795. The summed E-state index contributed by atoms with van der Waals surface area (Å²) in [5, 5.41) is 8.89. The molecule has 0 atom stereocenters. The predicted octanol–water partition coefficient (Wildman–Crippen LogP) is 3.56. The fourth-order valence-corrected chi connectivity index (χ4v) is 2.95.